The Balaban J connectivity index is 2.16. The molecule has 0 saturated heterocycles. The Bertz CT molecular complexity index is 624. The lowest BCUT2D eigenvalue weighted by atomic mass is 10.2. The fourth-order valence-electron chi connectivity index (χ4n) is 1.85. The van der Waals surface area contributed by atoms with Gasteiger partial charge in [-0.25, -0.2) is 13.2 Å². The molecule has 0 atom stereocenters. The van der Waals surface area contributed by atoms with Gasteiger partial charge < -0.3 is 14.8 Å². The zero-order chi connectivity index (χ0) is 15.4. The van der Waals surface area contributed by atoms with Crippen LogP contribution >= 0.6 is 0 Å². The van der Waals surface area contributed by atoms with Crippen molar-refractivity contribution in [1.29, 1.82) is 0 Å². The number of anilines is 1. The quantitative estimate of drug-likeness (QED) is 0.853. The maximum absolute atomic E-state index is 13.1. The maximum Gasteiger partial charge on any atom is 0.194 e. The highest BCUT2D eigenvalue weighted by atomic mass is 19.2. The second-order valence-corrected chi connectivity index (χ2v) is 4.29. The Labute approximate surface area is 120 Å². The SMILES string of the molecule is COc1ccc(CNc2cc(F)c(F)c(F)c2)c(OC)c1. The summed E-state index contributed by atoms with van der Waals surface area (Å²) in [5.74, 6) is -2.75. The molecule has 0 radical (unpaired) electrons. The van der Waals surface area contributed by atoms with Crippen LogP contribution in [0.3, 0.4) is 0 Å². The summed E-state index contributed by atoms with van der Waals surface area (Å²) >= 11 is 0. The molecular weight excluding hydrogens is 283 g/mol. The van der Waals surface area contributed by atoms with Gasteiger partial charge >= 0.3 is 0 Å². The fraction of sp³-hybridized carbons (Fsp3) is 0.200. The lowest BCUT2D eigenvalue weighted by Gasteiger charge is -2.12. The van der Waals surface area contributed by atoms with Crippen LogP contribution < -0.4 is 14.8 Å². The molecule has 0 fully saturated rings. The van der Waals surface area contributed by atoms with Crippen LogP contribution in [-0.2, 0) is 6.54 Å². The van der Waals surface area contributed by atoms with E-state index >= 15 is 0 Å². The molecule has 2 aromatic carbocycles. The first-order valence-electron chi connectivity index (χ1n) is 6.14. The molecule has 0 aliphatic heterocycles. The van der Waals surface area contributed by atoms with Crippen LogP contribution in [0.4, 0.5) is 18.9 Å². The van der Waals surface area contributed by atoms with Gasteiger partial charge in [-0.05, 0) is 12.1 Å². The fourth-order valence-corrected chi connectivity index (χ4v) is 1.85. The lowest BCUT2D eigenvalue weighted by molar-refractivity contribution is 0.391. The van der Waals surface area contributed by atoms with Gasteiger partial charge in [-0.3, -0.25) is 0 Å². The summed E-state index contributed by atoms with van der Waals surface area (Å²) < 4.78 is 49.4. The standard InChI is InChI=1S/C15H14F3NO2/c1-20-11-4-3-9(14(7-11)21-2)8-19-10-5-12(16)15(18)13(17)6-10/h3-7,19H,8H2,1-2H3. The van der Waals surface area contributed by atoms with Crippen LogP contribution in [0.1, 0.15) is 5.56 Å². The average Bonchev–Trinajstić information content (AvgIpc) is 2.50. The summed E-state index contributed by atoms with van der Waals surface area (Å²) in [6.07, 6.45) is 0. The van der Waals surface area contributed by atoms with E-state index in [1.54, 1.807) is 18.2 Å². The van der Waals surface area contributed by atoms with Crippen molar-refractivity contribution < 1.29 is 22.6 Å². The predicted octanol–water partition coefficient (Wildman–Crippen LogP) is 3.73. The van der Waals surface area contributed by atoms with E-state index in [0.717, 1.165) is 17.7 Å². The Morgan fingerprint density at radius 1 is 0.952 bits per heavy atom. The summed E-state index contributed by atoms with van der Waals surface area (Å²) in [7, 11) is 3.05. The van der Waals surface area contributed by atoms with Gasteiger partial charge in [0.25, 0.3) is 0 Å². The summed E-state index contributed by atoms with van der Waals surface area (Å²) in [6, 6.07) is 7.00. The van der Waals surface area contributed by atoms with Gasteiger partial charge in [0.1, 0.15) is 11.5 Å². The van der Waals surface area contributed by atoms with Gasteiger partial charge in [-0.2, -0.15) is 0 Å². The van der Waals surface area contributed by atoms with Crippen molar-refractivity contribution in [2.45, 2.75) is 6.54 Å². The van der Waals surface area contributed by atoms with Gasteiger partial charge in [-0.15, -0.1) is 0 Å². The zero-order valence-electron chi connectivity index (χ0n) is 11.5. The summed E-state index contributed by atoms with van der Waals surface area (Å²) in [6.45, 7) is 0.262. The highest BCUT2D eigenvalue weighted by Gasteiger charge is 2.11. The van der Waals surface area contributed by atoms with Gasteiger partial charge in [0.15, 0.2) is 17.5 Å². The van der Waals surface area contributed by atoms with E-state index in [4.69, 9.17) is 9.47 Å². The number of benzene rings is 2. The minimum Gasteiger partial charge on any atom is -0.497 e. The molecule has 0 unspecified atom stereocenters. The van der Waals surface area contributed by atoms with Crippen LogP contribution in [0.25, 0.3) is 0 Å². The van der Waals surface area contributed by atoms with Crippen molar-refractivity contribution in [3.05, 3.63) is 53.3 Å². The van der Waals surface area contributed by atoms with Gasteiger partial charge in [-0.1, -0.05) is 0 Å². The van der Waals surface area contributed by atoms with Crippen LogP contribution in [0.5, 0.6) is 11.5 Å². The molecule has 0 saturated carbocycles. The van der Waals surface area contributed by atoms with Crippen LogP contribution in [0.2, 0.25) is 0 Å². The minimum atomic E-state index is -1.48. The molecule has 1 N–H and O–H groups in total. The smallest absolute Gasteiger partial charge is 0.194 e. The monoisotopic (exact) mass is 297 g/mol. The molecule has 0 bridgehead atoms. The molecule has 21 heavy (non-hydrogen) atoms. The van der Waals surface area contributed by atoms with Crippen molar-refractivity contribution in [3.63, 3.8) is 0 Å². The number of hydrogen-bond acceptors (Lipinski definition) is 3. The number of halogens is 3. The maximum atomic E-state index is 13.1. The first-order valence-corrected chi connectivity index (χ1v) is 6.14. The van der Waals surface area contributed by atoms with E-state index in [1.807, 2.05) is 0 Å². The van der Waals surface area contributed by atoms with E-state index in [-0.39, 0.29) is 12.2 Å². The molecule has 112 valence electrons. The minimum absolute atomic E-state index is 0.143. The average molecular weight is 297 g/mol. The summed E-state index contributed by atoms with van der Waals surface area (Å²) in [4.78, 5) is 0. The molecule has 0 heterocycles. The number of nitrogens with one attached hydrogen (secondary N) is 1. The van der Waals surface area contributed by atoms with Gasteiger partial charge in [0, 0.05) is 36.0 Å². The highest BCUT2D eigenvalue weighted by molar-refractivity contribution is 5.47. The van der Waals surface area contributed by atoms with Crippen molar-refractivity contribution >= 4 is 5.69 Å². The molecule has 0 aromatic heterocycles. The number of hydrogen-bond donors (Lipinski definition) is 1. The van der Waals surface area contributed by atoms with Crippen molar-refractivity contribution in [2.24, 2.45) is 0 Å². The largest absolute Gasteiger partial charge is 0.497 e. The van der Waals surface area contributed by atoms with Crippen molar-refractivity contribution in [2.75, 3.05) is 19.5 Å². The Kier molecular flexibility index (Phi) is 4.57. The van der Waals surface area contributed by atoms with Crippen LogP contribution in [-0.4, -0.2) is 14.2 Å². The first-order chi connectivity index (χ1) is 10.0. The summed E-state index contributed by atoms with van der Waals surface area (Å²) in [5.41, 5.74) is 0.910. The van der Waals surface area contributed by atoms with Gasteiger partial charge in [0.2, 0.25) is 0 Å². The van der Waals surface area contributed by atoms with Crippen molar-refractivity contribution in [1.82, 2.24) is 0 Å². The van der Waals surface area contributed by atoms with Crippen LogP contribution in [0.15, 0.2) is 30.3 Å². The third-order valence-electron chi connectivity index (χ3n) is 2.96. The molecule has 2 rings (SSSR count). The lowest BCUT2D eigenvalue weighted by Crippen LogP contribution is -2.03. The third-order valence-corrected chi connectivity index (χ3v) is 2.96. The van der Waals surface area contributed by atoms with E-state index in [1.165, 1.54) is 14.2 Å². The third kappa shape index (κ3) is 3.39. The van der Waals surface area contributed by atoms with Crippen LogP contribution in [0, 0.1) is 17.5 Å². The number of rotatable bonds is 5. The van der Waals surface area contributed by atoms with E-state index in [0.29, 0.717) is 11.5 Å². The number of methoxy groups -OCH3 is 2. The second-order valence-electron chi connectivity index (χ2n) is 4.29. The molecule has 0 aliphatic rings. The zero-order valence-corrected chi connectivity index (χ0v) is 11.5. The molecule has 0 amide bonds. The Morgan fingerprint density at radius 2 is 1.62 bits per heavy atom. The first kappa shape index (κ1) is 15.0. The Morgan fingerprint density at radius 3 is 2.19 bits per heavy atom. The highest BCUT2D eigenvalue weighted by Crippen LogP contribution is 2.26. The molecule has 0 spiro atoms. The Hall–Kier alpha value is -2.37. The van der Waals surface area contributed by atoms with E-state index in [2.05, 4.69) is 5.32 Å². The molecule has 2 aromatic rings. The second kappa shape index (κ2) is 6.39. The van der Waals surface area contributed by atoms with Gasteiger partial charge in [0.05, 0.1) is 14.2 Å². The van der Waals surface area contributed by atoms with E-state index in [9.17, 15) is 13.2 Å². The van der Waals surface area contributed by atoms with E-state index < -0.39 is 17.5 Å². The van der Waals surface area contributed by atoms with Crippen molar-refractivity contribution in [3.8, 4) is 11.5 Å². The molecule has 0 aliphatic carbocycles. The topological polar surface area (TPSA) is 30.5 Å². The molecule has 3 nitrogen and oxygen atoms in total. The molecular formula is C15H14F3NO2. The predicted molar refractivity (Wildman–Crippen MR) is 73.2 cm³/mol. The molecule has 6 heteroatoms. The normalized spacial score (nSPS) is 10.3. The number of ether oxygens (including phenoxy) is 2. The summed E-state index contributed by atoms with van der Waals surface area (Å²) in [5, 5.41) is 2.81.